The minimum Gasteiger partial charge on any atom is -0.378 e. The van der Waals surface area contributed by atoms with E-state index in [1.807, 2.05) is 0 Å². The molecule has 1 saturated heterocycles. The quantitative estimate of drug-likeness (QED) is 0.750. The minimum atomic E-state index is -0.644. The first-order valence-corrected chi connectivity index (χ1v) is 8.78. The van der Waals surface area contributed by atoms with E-state index < -0.39 is 5.95 Å². The molecule has 4 heterocycles. The van der Waals surface area contributed by atoms with Crippen molar-refractivity contribution in [2.24, 2.45) is 0 Å². The van der Waals surface area contributed by atoms with Crippen LogP contribution in [-0.2, 0) is 17.6 Å². The number of morpholine rings is 1. The number of nitrogens with zero attached hydrogens (tertiary/aromatic N) is 5. The summed E-state index contributed by atoms with van der Waals surface area (Å²) in [5.41, 5.74) is 2.41. The number of hydrogen-bond donors (Lipinski definition) is 0. The number of ether oxygens (including phenoxy) is 1. The molecule has 0 radical (unpaired) electrons. The molecule has 2 aromatic rings. The highest BCUT2D eigenvalue weighted by atomic mass is 19.1. The number of rotatable bonds is 2. The first kappa shape index (κ1) is 16.8. The van der Waals surface area contributed by atoms with Gasteiger partial charge in [0.1, 0.15) is 12.1 Å². The molecule has 2 aliphatic rings. The lowest BCUT2D eigenvalue weighted by Crippen LogP contribution is -2.37. The molecule has 8 heteroatoms. The molecule has 0 saturated carbocycles. The number of amides is 1. The van der Waals surface area contributed by atoms with Crippen LogP contribution in [0.3, 0.4) is 0 Å². The Morgan fingerprint density at radius 3 is 2.69 bits per heavy atom. The van der Waals surface area contributed by atoms with Gasteiger partial charge in [-0.3, -0.25) is 4.79 Å². The number of pyridine rings is 1. The van der Waals surface area contributed by atoms with E-state index in [1.54, 1.807) is 17.3 Å². The fourth-order valence-electron chi connectivity index (χ4n) is 3.48. The van der Waals surface area contributed by atoms with Crippen LogP contribution < -0.4 is 4.90 Å². The zero-order valence-electron chi connectivity index (χ0n) is 14.4. The van der Waals surface area contributed by atoms with E-state index in [0.717, 1.165) is 30.2 Å². The second kappa shape index (κ2) is 7.33. The van der Waals surface area contributed by atoms with Crippen LogP contribution in [0.5, 0.6) is 0 Å². The van der Waals surface area contributed by atoms with Gasteiger partial charge >= 0.3 is 0 Å². The van der Waals surface area contributed by atoms with Crippen molar-refractivity contribution < 1.29 is 13.9 Å². The van der Waals surface area contributed by atoms with Crippen LogP contribution in [0, 0.1) is 5.95 Å². The molecule has 0 bridgehead atoms. The van der Waals surface area contributed by atoms with Gasteiger partial charge in [0.25, 0.3) is 5.91 Å². The van der Waals surface area contributed by atoms with Gasteiger partial charge in [-0.1, -0.05) is 0 Å². The molecule has 1 fully saturated rings. The first-order valence-electron chi connectivity index (χ1n) is 8.78. The topological polar surface area (TPSA) is 71.5 Å². The van der Waals surface area contributed by atoms with Crippen LogP contribution in [0.2, 0.25) is 0 Å². The van der Waals surface area contributed by atoms with Gasteiger partial charge in [-0.05, 0) is 12.5 Å². The van der Waals surface area contributed by atoms with Crippen molar-refractivity contribution in [3.05, 3.63) is 47.4 Å². The predicted octanol–water partition coefficient (Wildman–Crippen LogP) is 1.09. The van der Waals surface area contributed by atoms with Crippen molar-refractivity contribution in [2.45, 2.75) is 12.8 Å². The van der Waals surface area contributed by atoms with E-state index in [1.165, 1.54) is 12.3 Å². The summed E-state index contributed by atoms with van der Waals surface area (Å²) in [5, 5.41) is 0. The highest BCUT2D eigenvalue weighted by Crippen LogP contribution is 2.25. The van der Waals surface area contributed by atoms with E-state index in [4.69, 9.17) is 4.74 Å². The van der Waals surface area contributed by atoms with Crippen molar-refractivity contribution in [3.63, 3.8) is 0 Å². The monoisotopic (exact) mass is 357 g/mol. The molecule has 7 nitrogen and oxygen atoms in total. The summed E-state index contributed by atoms with van der Waals surface area (Å²) in [6, 6.07) is 2.72. The predicted molar refractivity (Wildman–Crippen MR) is 92.6 cm³/mol. The molecule has 0 aliphatic carbocycles. The van der Waals surface area contributed by atoms with Gasteiger partial charge in [0.2, 0.25) is 5.95 Å². The maximum atomic E-state index is 13.3. The average Bonchev–Trinajstić information content (AvgIpc) is 2.91. The van der Waals surface area contributed by atoms with Crippen molar-refractivity contribution in [2.75, 3.05) is 44.3 Å². The Morgan fingerprint density at radius 1 is 1.08 bits per heavy atom. The maximum Gasteiger partial charge on any atom is 0.254 e. The molecule has 2 aromatic heterocycles. The molecule has 26 heavy (non-hydrogen) atoms. The molecule has 0 atom stereocenters. The molecule has 0 spiro atoms. The number of fused-ring (bicyclic) bond motifs is 1. The Kier molecular flexibility index (Phi) is 4.75. The molecule has 136 valence electrons. The van der Waals surface area contributed by atoms with Crippen molar-refractivity contribution in [3.8, 4) is 0 Å². The van der Waals surface area contributed by atoms with E-state index >= 15 is 0 Å². The third-order valence-electron chi connectivity index (χ3n) is 4.83. The lowest BCUT2D eigenvalue weighted by atomic mass is 10.1. The second-order valence-corrected chi connectivity index (χ2v) is 6.38. The molecule has 2 aliphatic heterocycles. The lowest BCUT2D eigenvalue weighted by Gasteiger charge is -2.29. The van der Waals surface area contributed by atoms with Crippen molar-refractivity contribution in [1.82, 2.24) is 19.9 Å². The number of aromatic nitrogens is 3. The van der Waals surface area contributed by atoms with Crippen LogP contribution >= 0.6 is 0 Å². The summed E-state index contributed by atoms with van der Waals surface area (Å²) < 4.78 is 18.8. The smallest absolute Gasteiger partial charge is 0.254 e. The van der Waals surface area contributed by atoms with Crippen molar-refractivity contribution in [1.29, 1.82) is 0 Å². The van der Waals surface area contributed by atoms with Crippen LogP contribution in [0.25, 0.3) is 0 Å². The third kappa shape index (κ3) is 3.37. The molecular formula is C18H20FN5O2. The second-order valence-electron chi connectivity index (χ2n) is 6.38. The molecule has 0 aromatic carbocycles. The Balaban J connectivity index is 1.54. The number of anilines is 1. The number of halogens is 1. The van der Waals surface area contributed by atoms with Gasteiger partial charge in [-0.2, -0.15) is 4.39 Å². The normalized spacial score (nSPS) is 17.6. The fraction of sp³-hybridized carbons (Fsp3) is 0.444. The van der Waals surface area contributed by atoms with Crippen molar-refractivity contribution >= 4 is 11.7 Å². The van der Waals surface area contributed by atoms with Gasteiger partial charge in [-0.25, -0.2) is 15.0 Å². The summed E-state index contributed by atoms with van der Waals surface area (Å²) in [6.45, 7) is 4.11. The molecule has 0 unspecified atom stereocenters. The summed E-state index contributed by atoms with van der Waals surface area (Å²) in [7, 11) is 0. The highest BCUT2D eigenvalue weighted by molar-refractivity contribution is 5.94. The maximum absolute atomic E-state index is 13.3. The molecule has 1 amide bonds. The average molecular weight is 357 g/mol. The van der Waals surface area contributed by atoms with E-state index in [0.29, 0.717) is 44.7 Å². The van der Waals surface area contributed by atoms with E-state index in [2.05, 4.69) is 19.9 Å². The van der Waals surface area contributed by atoms with E-state index in [9.17, 15) is 9.18 Å². The van der Waals surface area contributed by atoms with Crippen LogP contribution in [0.4, 0.5) is 10.2 Å². The van der Waals surface area contributed by atoms with Gasteiger partial charge in [0.15, 0.2) is 0 Å². The Bertz CT molecular complexity index is 810. The molecule has 0 N–H and O–H groups in total. The molecular weight excluding hydrogens is 337 g/mol. The Morgan fingerprint density at radius 2 is 1.88 bits per heavy atom. The zero-order chi connectivity index (χ0) is 17.9. The molecule has 4 rings (SSSR count). The van der Waals surface area contributed by atoms with Crippen LogP contribution in [0.15, 0.2) is 24.7 Å². The summed E-state index contributed by atoms with van der Waals surface area (Å²) >= 11 is 0. The Hall–Kier alpha value is -2.61. The summed E-state index contributed by atoms with van der Waals surface area (Å²) in [6.07, 6.45) is 4.26. The standard InChI is InChI=1S/C18H20FN5O2/c19-16-11-13(1-4-20-16)18(25)24-5-2-14-15(3-6-24)21-12-22-17(14)23-7-9-26-10-8-23/h1,4,11-12H,2-3,5-10H2. The van der Waals surface area contributed by atoms with Crippen LogP contribution in [0.1, 0.15) is 21.6 Å². The fourth-order valence-corrected chi connectivity index (χ4v) is 3.48. The third-order valence-corrected chi connectivity index (χ3v) is 4.83. The van der Waals surface area contributed by atoms with Gasteiger partial charge < -0.3 is 14.5 Å². The summed E-state index contributed by atoms with van der Waals surface area (Å²) in [5.74, 6) is 0.122. The van der Waals surface area contributed by atoms with Crippen LogP contribution in [-0.4, -0.2) is 65.2 Å². The Labute approximate surface area is 150 Å². The highest BCUT2D eigenvalue weighted by Gasteiger charge is 2.25. The lowest BCUT2D eigenvalue weighted by molar-refractivity contribution is 0.0762. The van der Waals surface area contributed by atoms with Gasteiger partial charge in [-0.15, -0.1) is 0 Å². The largest absolute Gasteiger partial charge is 0.378 e. The number of carbonyl (C=O) groups excluding carboxylic acids is 1. The van der Waals surface area contributed by atoms with Gasteiger partial charge in [0, 0.05) is 56.0 Å². The van der Waals surface area contributed by atoms with Gasteiger partial charge in [0.05, 0.1) is 18.9 Å². The SMILES string of the molecule is O=C(c1ccnc(F)c1)N1CCc2ncnc(N3CCOCC3)c2CC1. The number of carbonyl (C=O) groups is 1. The first-order chi connectivity index (χ1) is 12.7. The van der Waals surface area contributed by atoms with E-state index in [-0.39, 0.29) is 5.91 Å². The number of hydrogen-bond acceptors (Lipinski definition) is 6. The summed E-state index contributed by atoms with van der Waals surface area (Å²) in [4.78, 5) is 29.1. The zero-order valence-corrected chi connectivity index (χ0v) is 14.4. The minimum absolute atomic E-state index is 0.181.